The van der Waals surface area contributed by atoms with Crippen LogP contribution in [0.2, 0.25) is 0 Å². The number of rotatable bonds is 4. The Balaban J connectivity index is 1.80. The highest BCUT2D eigenvalue weighted by molar-refractivity contribution is 9.09. The van der Waals surface area contributed by atoms with Gasteiger partial charge in [-0.3, -0.25) is 9.48 Å². The van der Waals surface area contributed by atoms with Crippen LogP contribution in [-0.4, -0.2) is 38.5 Å². The molecule has 1 atom stereocenters. The minimum absolute atomic E-state index is 0.264. The van der Waals surface area contributed by atoms with E-state index in [2.05, 4.69) is 34.0 Å². The van der Waals surface area contributed by atoms with E-state index in [0.29, 0.717) is 11.2 Å². The Morgan fingerprint density at radius 1 is 1.47 bits per heavy atom. The predicted molar refractivity (Wildman–Crippen MR) is 70.2 cm³/mol. The van der Waals surface area contributed by atoms with Crippen LogP contribution in [0, 0.1) is 13.8 Å². The number of alkyl halides is 1. The molecule has 0 radical (unpaired) electrons. The third-order valence-electron chi connectivity index (χ3n) is 3.07. The fraction of sp³-hybridized carbons (Fsp3) is 0.667. The first-order valence-electron chi connectivity index (χ1n) is 5.99. The van der Waals surface area contributed by atoms with Crippen LogP contribution in [0.3, 0.4) is 0 Å². The van der Waals surface area contributed by atoms with Crippen LogP contribution in [0.5, 0.6) is 0 Å². The molecule has 1 aliphatic heterocycles. The first kappa shape index (κ1) is 12.6. The van der Waals surface area contributed by atoms with E-state index in [9.17, 15) is 4.79 Å². The molecule has 0 bridgehead atoms. The van der Waals surface area contributed by atoms with Gasteiger partial charge in [0.25, 0.3) is 0 Å². The first-order valence-corrected chi connectivity index (χ1v) is 6.90. The number of likely N-dealkylation sites (tertiary alicyclic amines) is 1. The second-order valence-corrected chi connectivity index (χ2v) is 5.94. The topological polar surface area (TPSA) is 38.1 Å². The number of amides is 1. The van der Waals surface area contributed by atoms with Crippen LogP contribution in [-0.2, 0) is 11.3 Å². The molecule has 1 fully saturated rings. The maximum absolute atomic E-state index is 11.6. The van der Waals surface area contributed by atoms with Crippen LogP contribution in [0.15, 0.2) is 6.07 Å². The van der Waals surface area contributed by atoms with Crippen molar-refractivity contribution in [3.05, 3.63) is 17.5 Å². The zero-order chi connectivity index (χ0) is 12.4. The summed E-state index contributed by atoms with van der Waals surface area (Å²) in [6.07, 6.45) is 1.60. The Morgan fingerprint density at radius 2 is 2.24 bits per heavy atom. The Labute approximate surface area is 110 Å². The molecule has 17 heavy (non-hydrogen) atoms. The Hall–Kier alpha value is -0.840. The standard InChI is InChI=1S/C12H18BrN3O/c1-9-6-10(2)16(14-9)5-3-4-15-8-11(13)7-12(15)17/h6,11H,3-5,7-8H2,1-2H3. The van der Waals surface area contributed by atoms with E-state index in [1.807, 2.05) is 16.5 Å². The maximum Gasteiger partial charge on any atom is 0.223 e. The molecular weight excluding hydrogens is 282 g/mol. The normalized spacial score (nSPS) is 20.3. The average Bonchev–Trinajstić information content (AvgIpc) is 2.71. The number of aryl methyl sites for hydroxylation is 3. The number of carbonyl (C=O) groups excluding carboxylic acids is 1. The van der Waals surface area contributed by atoms with Crippen LogP contribution in [0.4, 0.5) is 0 Å². The highest BCUT2D eigenvalue weighted by Gasteiger charge is 2.26. The fourth-order valence-corrected chi connectivity index (χ4v) is 2.88. The van der Waals surface area contributed by atoms with Gasteiger partial charge < -0.3 is 4.90 Å². The summed E-state index contributed by atoms with van der Waals surface area (Å²) in [4.78, 5) is 13.8. The van der Waals surface area contributed by atoms with Crippen LogP contribution < -0.4 is 0 Å². The highest BCUT2D eigenvalue weighted by atomic mass is 79.9. The molecule has 0 aromatic carbocycles. The number of halogens is 1. The highest BCUT2D eigenvalue weighted by Crippen LogP contribution is 2.18. The molecule has 1 unspecified atom stereocenters. The number of aromatic nitrogens is 2. The Bertz CT molecular complexity index is 416. The zero-order valence-electron chi connectivity index (χ0n) is 10.3. The van der Waals surface area contributed by atoms with Gasteiger partial charge in [-0.1, -0.05) is 15.9 Å². The molecule has 2 rings (SSSR count). The second-order valence-electron chi connectivity index (χ2n) is 4.64. The third-order valence-corrected chi connectivity index (χ3v) is 3.68. The number of hydrogen-bond donors (Lipinski definition) is 0. The van der Waals surface area contributed by atoms with Gasteiger partial charge >= 0.3 is 0 Å². The summed E-state index contributed by atoms with van der Waals surface area (Å²) in [6, 6.07) is 2.08. The van der Waals surface area contributed by atoms with E-state index >= 15 is 0 Å². The van der Waals surface area contributed by atoms with E-state index in [0.717, 1.165) is 31.7 Å². The summed E-state index contributed by atoms with van der Waals surface area (Å²) in [5.74, 6) is 0.264. The molecule has 94 valence electrons. The Kier molecular flexibility index (Phi) is 3.86. The lowest BCUT2D eigenvalue weighted by atomic mass is 10.3. The third kappa shape index (κ3) is 3.09. The molecule has 1 aliphatic rings. The lowest BCUT2D eigenvalue weighted by Gasteiger charge is -2.15. The van der Waals surface area contributed by atoms with Crippen LogP contribution in [0.1, 0.15) is 24.2 Å². The molecule has 5 heteroatoms. The minimum atomic E-state index is 0.264. The van der Waals surface area contributed by atoms with Crippen LogP contribution in [0.25, 0.3) is 0 Å². The summed E-state index contributed by atoms with van der Waals surface area (Å²) in [5, 5.41) is 4.41. The van der Waals surface area contributed by atoms with Gasteiger partial charge in [0.15, 0.2) is 0 Å². The van der Waals surface area contributed by atoms with Gasteiger partial charge in [0.2, 0.25) is 5.91 Å². The molecule has 0 spiro atoms. The largest absolute Gasteiger partial charge is 0.341 e. The summed E-state index contributed by atoms with van der Waals surface area (Å²) in [6.45, 7) is 6.63. The molecule has 1 saturated heterocycles. The van der Waals surface area contributed by atoms with Crippen molar-refractivity contribution >= 4 is 21.8 Å². The van der Waals surface area contributed by atoms with E-state index in [1.165, 1.54) is 5.69 Å². The van der Waals surface area contributed by atoms with Crippen molar-refractivity contribution in [1.82, 2.24) is 14.7 Å². The molecule has 2 heterocycles. The molecular formula is C12H18BrN3O. The van der Waals surface area contributed by atoms with Gasteiger partial charge in [0, 0.05) is 36.6 Å². The first-order chi connectivity index (χ1) is 8.06. The lowest BCUT2D eigenvalue weighted by molar-refractivity contribution is -0.127. The second kappa shape index (κ2) is 5.21. The number of hydrogen-bond acceptors (Lipinski definition) is 2. The zero-order valence-corrected chi connectivity index (χ0v) is 11.9. The van der Waals surface area contributed by atoms with Crippen molar-refractivity contribution in [1.29, 1.82) is 0 Å². The lowest BCUT2D eigenvalue weighted by Crippen LogP contribution is -2.27. The van der Waals surface area contributed by atoms with Crippen molar-refractivity contribution < 1.29 is 4.79 Å². The average molecular weight is 300 g/mol. The molecule has 0 N–H and O–H groups in total. The van der Waals surface area contributed by atoms with Crippen molar-refractivity contribution in [3.63, 3.8) is 0 Å². The summed E-state index contributed by atoms with van der Waals surface area (Å²) in [7, 11) is 0. The molecule has 0 aliphatic carbocycles. The van der Waals surface area contributed by atoms with Gasteiger partial charge in [-0.15, -0.1) is 0 Å². The van der Waals surface area contributed by atoms with E-state index in [4.69, 9.17) is 0 Å². The smallest absolute Gasteiger partial charge is 0.223 e. The van der Waals surface area contributed by atoms with E-state index in [-0.39, 0.29) is 5.91 Å². The van der Waals surface area contributed by atoms with Gasteiger partial charge in [0.1, 0.15) is 0 Å². The molecule has 1 aromatic heterocycles. The van der Waals surface area contributed by atoms with Gasteiger partial charge in [-0.2, -0.15) is 5.10 Å². The molecule has 1 aromatic rings. The SMILES string of the molecule is Cc1cc(C)n(CCCN2CC(Br)CC2=O)n1. The monoisotopic (exact) mass is 299 g/mol. The van der Waals surface area contributed by atoms with E-state index in [1.54, 1.807) is 0 Å². The van der Waals surface area contributed by atoms with E-state index < -0.39 is 0 Å². The van der Waals surface area contributed by atoms with Crippen molar-refractivity contribution in [2.75, 3.05) is 13.1 Å². The molecule has 4 nitrogen and oxygen atoms in total. The molecule has 0 saturated carbocycles. The minimum Gasteiger partial charge on any atom is -0.341 e. The van der Waals surface area contributed by atoms with Crippen molar-refractivity contribution in [2.45, 2.75) is 38.1 Å². The quantitative estimate of drug-likeness (QED) is 0.796. The number of carbonyl (C=O) groups is 1. The van der Waals surface area contributed by atoms with Gasteiger partial charge in [-0.25, -0.2) is 0 Å². The van der Waals surface area contributed by atoms with Gasteiger partial charge in [0.05, 0.1) is 5.69 Å². The maximum atomic E-state index is 11.6. The fourth-order valence-electron chi connectivity index (χ4n) is 2.25. The summed E-state index contributed by atoms with van der Waals surface area (Å²) >= 11 is 3.49. The van der Waals surface area contributed by atoms with Gasteiger partial charge in [-0.05, 0) is 26.3 Å². The van der Waals surface area contributed by atoms with Crippen molar-refractivity contribution in [3.8, 4) is 0 Å². The molecule has 1 amide bonds. The van der Waals surface area contributed by atoms with Crippen molar-refractivity contribution in [2.24, 2.45) is 0 Å². The predicted octanol–water partition coefficient (Wildman–Crippen LogP) is 1.89. The summed E-state index contributed by atoms with van der Waals surface area (Å²) in [5.41, 5.74) is 2.24. The van der Waals surface area contributed by atoms with Crippen LogP contribution >= 0.6 is 15.9 Å². The Morgan fingerprint density at radius 3 is 2.76 bits per heavy atom. The summed E-state index contributed by atoms with van der Waals surface area (Å²) < 4.78 is 2.02. The number of nitrogens with zero attached hydrogens (tertiary/aromatic N) is 3.